The van der Waals surface area contributed by atoms with Crippen molar-refractivity contribution >= 4 is 24.2 Å². The van der Waals surface area contributed by atoms with E-state index >= 15 is 0 Å². The maximum Gasteiger partial charge on any atom is 0.491 e. The Hall–Kier alpha value is -1.63. The van der Waals surface area contributed by atoms with E-state index < -0.39 is 18.8 Å². The molecule has 104 valence electrons. The van der Waals surface area contributed by atoms with Crippen molar-refractivity contribution in [3.05, 3.63) is 58.6 Å². The Morgan fingerprint density at radius 2 is 1.85 bits per heavy atom. The third-order valence-corrected chi connectivity index (χ3v) is 3.05. The Bertz CT molecular complexity index is 602. The van der Waals surface area contributed by atoms with Gasteiger partial charge >= 0.3 is 7.12 Å². The first kappa shape index (κ1) is 14.8. The molecule has 2 aromatic rings. The molecule has 0 spiro atoms. The van der Waals surface area contributed by atoms with Crippen molar-refractivity contribution in [2.24, 2.45) is 0 Å². The van der Waals surface area contributed by atoms with Gasteiger partial charge in [0.05, 0.1) is 5.02 Å². The van der Waals surface area contributed by atoms with Crippen LogP contribution in [0.1, 0.15) is 5.56 Å². The molecule has 7 heteroatoms. The molecule has 0 radical (unpaired) electrons. The first-order chi connectivity index (χ1) is 9.49. The second-order valence-corrected chi connectivity index (χ2v) is 4.45. The molecule has 0 bridgehead atoms. The molecule has 0 aromatic heterocycles. The van der Waals surface area contributed by atoms with Gasteiger partial charge in [0.1, 0.15) is 24.0 Å². The van der Waals surface area contributed by atoms with Crippen LogP contribution in [0.2, 0.25) is 5.02 Å². The summed E-state index contributed by atoms with van der Waals surface area (Å²) in [4.78, 5) is 0. The van der Waals surface area contributed by atoms with Gasteiger partial charge in [-0.2, -0.15) is 0 Å². The van der Waals surface area contributed by atoms with E-state index in [1.165, 1.54) is 30.3 Å². The average Bonchev–Trinajstić information content (AvgIpc) is 2.37. The molecule has 2 aromatic carbocycles. The van der Waals surface area contributed by atoms with Gasteiger partial charge < -0.3 is 14.8 Å². The van der Waals surface area contributed by atoms with E-state index in [0.717, 1.165) is 6.07 Å². The van der Waals surface area contributed by atoms with E-state index in [4.69, 9.17) is 26.4 Å². The number of benzene rings is 2. The van der Waals surface area contributed by atoms with E-state index in [9.17, 15) is 8.78 Å². The highest BCUT2D eigenvalue weighted by atomic mass is 35.5. The molecule has 2 N–H and O–H groups in total. The van der Waals surface area contributed by atoms with Crippen LogP contribution >= 0.6 is 11.6 Å². The van der Waals surface area contributed by atoms with Crippen molar-refractivity contribution in [1.29, 1.82) is 0 Å². The Kier molecular flexibility index (Phi) is 4.59. The van der Waals surface area contributed by atoms with Gasteiger partial charge in [-0.05, 0) is 18.2 Å². The van der Waals surface area contributed by atoms with Crippen molar-refractivity contribution in [2.45, 2.75) is 6.61 Å². The van der Waals surface area contributed by atoms with Crippen LogP contribution in [0.25, 0.3) is 0 Å². The Morgan fingerprint density at radius 1 is 1.10 bits per heavy atom. The number of halogens is 3. The molecule has 3 nitrogen and oxygen atoms in total. The summed E-state index contributed by atoms with van der Waals surface area (Å²) in [5.74, 6) is -1.20. The van der Waals surface area contributed by atoms with E-state index in [2.05, 4.69) is 0 Å². The predicted molar refractivity (Wildman–Crippen MR) is 72.0 cm³/mol. The summed E-state index contributed by atoms with van der Waals surface area (Å²) in [5.41, 5.74) is -0.0953. The maximum absolute atomic E-state index is 13.5. The van der Waals surface area contributed by atoms with Gasteiger partial charge in [0, 0.05) is 17.1 Å². The molecular weight excluding hydrogens is 288 g/mol. The molecule has 0 fully saturated rings. The topological polar surface area (TPSA) is 49.7 Å². The molecule has 0 aliphatic heterocycles. The zero-order valence-electron chi connectivity index (χ0n) is 10.2. The van der Waals surface area contributed by atoms with E-state index in [0.29, 0.717) is 0 Å². The fourth-order valence-corrected chi connectivity index (χ4v) is 1.85. The quantitative estimate of drug-likeness (QED) is 0.847. The highest BCUT2D eigenvalue weighted by Gasteiger charge is 2.17. The molecular formula is C13H10BClF2O3. The van der Waals surface area contributed by atoms with Crippen LogP contribution < -0.4 is 10.2 Å². The summed E-state index contributed by atoms with van der Waals surface area (Å²) in [6.07, 6.45) is 0. The molecule has 2 rings (SSSR count). The van der Waals surface area contributed by atoms with Gasteiger partial charge in [0.25, 0.3) is 0 Å². The van der Waals surface area contributed by atoms with Gasteiger partial charge in [-0.1, -0.05) is 23.7 Å². The van der Waals surface area contributed by atoms with E-state index in [1.807, 2.05) is 0 Å². The minimum atomic E-state index is -1.90. The smallest absolute Gasteiger partial charge is 0.489 e. The van der Waals surface area contributed by atoms with Crippen molar-refractivity contribution in [2.75, 3.05) is 0 Å². The zero-order chi connectivity index (χ0) is 14.7. The standard InChI is InChI=1S/C13H10BClF2O3/c15-11-2-1-3-12(16)9(11)7-20-8-4-5-10(14(18)19)13(17)6-8/h1-6,18-19H,7H2. The predicted octanol–water partition coefficient (Wildman–Crippen LogP) is 1.88. The molecule has 0 amide bonds. The molecule has 0 saturated heterocycles. The lowest BCUT2D eigenvalue weighted by Crippen LogP contribution is -2.32. The van der Waals surface area contributed by atoms with Crippen LogP contribution in [-0.2, 0) is 6.61 Å². The van der Waals surface area contributed by atoms with Crippen LogP contribution in [0.4, 0.5) is 8.78 Å². The molecule has 20 heavy (non-hydrogen) atoms. The Labute approximate surface area is 119 Å². The number of hydrogen-bond donors (Lipinski definition) is 2. The molecule has 0 aliphatic carbocycles. The molecule has 0 atom stereocenters. The van der Waals surface area contributed by atoms with Gasteiger partial charge in [-0.25, -0.2) is 8.78 Å². The SMILES string of the molecule is OB(O)c1ccc(OCc2c(F)cccc2Cl)cc1F. The largest absolute Gasteiger partial charge is 0.491 e. The van der Waals surface area contributed by atoms with Crippen LogP contribution in [-0.4, -0.2) is 17.2 Å². The highest BCUT2D eigenvalue weighted by Crippen LogP contribution is 2.21. The third kappa shape index (κ3) is 3.28. The van der Waals surface area contributed by atoms with Gasteiger partial charge in [-0.15, -0.1) is 0 Å². The second kappa shape index (κ2) is 6.22. The minimum absolute atomic E-state index is 0.131. The summed E-state index contributed by atoms with van der Waals surface area (Å²) in [6.45, 7) is -0.161. The van der Waals surface area contributed by atoms with Crippen LogP contribution in [0.5, 0.6) is 5.75 Å². The van der Waals surface area contributed by atoms with E-state index in [-0.39, 0.29) is 28.4 Å². The first-order valence-corrected chi connectivity index (χ1v) is 6.08. The van der Waals surface area contributed by atoms with Gasteiger partial charge in [0.15, 0.2) is 0 Å². The van der Waals surface area contributed by atoms with E-state index in [1.54, 1.807) is 0 Å². The maximum atomic E-state index is 13.5. The third-order valence-electron chi connectivity index (χ3n) is 2.69. The van der Waals surface area contributed by atoms with Crippen molar-refractivity contribution in [3.8, 4) is 5.75 Å². The van der Waals surface area contributed by atoms with Gasteiger partial charge in [-0.3, -0.25) is 0 Å². The van der Waals surface area contributed by atoms with Crippen LogP contribution in [0, 0.1) is 11.6 Å². The molecule has 0 heterocycles. The average molecular weight is 298 g/mol. The lowest BCUT2D eigenvalue weighted by Gasteiger charge is -2.10. The second-order valence-electron chi connectivity index (χ2n) is 4.05. The van der Waals surface area contributed by atoms with Crippen molar-refractivity contribution in [1.82, 2.24) is 0 Å². The summed E-state index contributed by atoms with van der Waals surface area (Å²) in [6, 6.07) is 7.76. The van der Waals surface area contributed by atoms with Crippen LogP contribution in [0.3, 0.4) is 0 Å². The fourth-order valence-electron chi connectivity index (χ4n) is 1.63. The summed E-state index contributed by atoms with van der Waals surface area (Å²) in [5, 5.41) is 18.0. The summed E-state index contributed by atoms with van der Waals surface area (Å²) < 4.78 is 32.2. The normalized spacial score (nSPS) is 10.4. The number of ether oxygens (including phenoxy) is 1. The van der Waals surface area contributed by atoms with Crippen LogP contribution in [0.15, 0.2) is 36.4 Å². The molecule has 0 aliphatic rings. The Morgan fingerprint density at radius 3 is 2.45 bits per heavy atom. The first-order valence-electron chi connectivity index (χ1n) is 5.70. The fraction of sp³-hybridized carbons (Fsp3) is 0.0769. The highest BCUT2D eigenvalue weighted by molar-refractivity contribution is 6.58. The Balaban J connectivity index is 2.14. The van der Waals surface area contributed by atoms with Crippen molar-refractivity contribution < 1.29 is 23.6 Å². The number of hydrogen-bond acceptors (Lipinski definition) is 3. The zero-order valence-corrected chi connectivity index (χ0v) is 10.9. The lowest BCUT2D eigenvalue weighted by atomic mass is 9.80. The lowest BCUT2D eigenvalue weighted by molar-refractivity contribution is 0.298. The summed E-state index contributed by atoms with van der Waals surface area (Å²) >= 11 is 5.83. The molecule has 0 saturated carbocycles. The van der Waals surface area contributed by atoms with Crippen molar-refractivity contribution in [3.63, 3.8) is 0 Å². The number of rotatable bonds is 4. The minimum Gasteiger partial charge on any atom is -0.489 e. The summed E-state index contributed by atoms with van der Waals surface area (Å²) in [7, 11) is -1.90. The monoisotopic (exact) mass is 298 g/mol. The molecule has 0 unspecified atom stereocenters. The van der Waals surface area contributed by atoms with Gasteiger partial charge in [0.2, 0.25) is 0 Å².